The summed E-state index contributed by atoms with van der Waals surface area (Å²) in [5.41, 5.74) is -2.65. The number of ketones is 1. The lowest BCUT2D eigenvalue weighted by molar-refractivity contribution is -0.356. The molecule has 7 fully saturated rings. The largest absolute Gasteiger partial charge is 0.479 e. The van der Waals surface area contributed by atoms with Gasteiger partial charge in [-0.25, -0.2) is 4.79 Å². The molecule has 0 spiro atoms. The van der Waals surface area contributed by atoms with Gasteiger partial charge < -0.3 is 79.5 Å². The molecule has 0 aromatic rings. The molecule has 3 heterocycles. The third kappa shape index (κ3) is 7.65. The second-order valence-corrected chi connectivity index (χ2v) is 23.0. The Bertz CT molecular complexity index is 1910. The maximum atomic E-state index is 15.2. The molecular formula is C47H72O19. The quantitative estimate of drug-likeness (QED) is 0.114. The Morgan fingerprint density at radius 2 is 1.39 bits per heavy atom. The minimum absolute atomic E-state index is 0.0251. The SMILES string of the molecule is CC1(C)CC[C@]2(C(=O)O[C@@H]3O[C@H](CO)[C@@H](O)[C@H](O)[C@H]3O)CC[C@]3(C)C(=CC(=O)C4[C@@]5(C)CC[C@H](O[C@@H]6O[C@H](C(=O)O)[C@@H](O)[C@H](O[C@@H]7OC[C@H](O)[C@H](O)[C@H]7O)[C@H]6O)C(C)(C)C5CC[C@]43C)C2C1. The number of esters is 1. The van der Waals surface area contributed by atoms with E-state index in [1.165, 1.54) is 0 Å². The number of carbonyl (C=O) groups is 3. The molecule has 5 aliphatic carbocycles. The summed E-state index contributed by atoms with van der Waals surface area (Å²) in [5, 5.41) is 105. The number of allylic oxidation sites excluding steroid dienone is 2. The molecule has 4 saturated carbocycles. The van der Waals surface area contributed by atoms with Crippen LogP contribution in [0.2, 0.25) is 0 Å². The summed E-state index contributed by atoms with van der Waals surface area (Å²) in [6, 6.07) is 0. The van der Waals surface area contributed by atoms with Crippen molar-refractivity contribution in [3.8, 4) is 0 Å². The van der Waals surface area contributed by atoms with Gasteiger partial charge in [-0.15, -0.1) is 0 Å². The first-order chi connectivity index (χ1) is 30.7. The lowest BCUT2D eigenvalue weighted by Crippen LogP contribution is -2.68. The van der Waals surface area contributed by atoms with Gasteiger partial charge >= 0.3 is 11.9 Å². The smallest absolute Gasteiger partial charge is 0.335 e. The van der Waals surface area contributed by atoms with Gasteiger partial charge in [-0.05, 0) is 103 Å². The van der Waals surface area contributed by atoms with Gasteiger partial charge in [0.15, 0.2) is 24.5 Å². The van der Waals surface area contributed by atoms with Gasteiger partial charge in [0.25, 0.3) is 0 Å². The molecule has 22 atom stereocenters. The number of aliphatic hydroxyl groups excluding tert-OH is 9. The average molecular weight is 941 g/mol. The van der Waals surface area contributed by atoms with Crippen molar-refractivity contribution in [3.63, 3.8) is 0 Å². The second-order valence-electron chi connectivity index (χ2n) is 23.0. The first-order valence-electron chi connectivity index (χ1n) is 23.7. The Balaban J connectivity index is 1.05. The molecule has 0 aromatic heterocycles. The topological polar surface area (TPSA) is 309 Å². The summed E-state index contributed by atoms with van der Waals surface area (Å²) >= 11 is 0. The number of carbonyl (C=O) groups excluding carboxylic acids is 2. The molecule has 3 unspecified atom stereocenters. The van der Waals surface area contributed by atoms with Crippen LogP contribution in [0.5, 0.6) is 0 Å². The Morgan fingerprint density at radius 1 is 0.727 bits per heavy atom. The zero-order chi connectivity index (χ0) is 48.4. The highest BCUT2D eigenvalue weighted by atomic mass is 16.7. The number of carboxylic acids is 1. The molecule has 66 heavy (non-hydrogen) atoms. The van der Waals surface area contributed by atoms with Crippen LogP contribution in [0.15, 0.2) is 11.6 Å². The lowest BCUT2D eigenvalue weighted by atomic mass is 9.33. The molecule has 10 N–H and O–H groups in total. The van der Waals surface area contributed by atoms with E-state index in [9.17, 15) is 60.7 Å². The van der Waals surface area contributed by atoms with Crippen LogP contribution in [-0.4, -0.2) is 174 Å². The molecule has 0 bridgehead atoms. The summed E-state index contributed by atoms with van der Waals surface area (Å²) in [6.07, 6.45) is -17.2. The Hall–Kier alpha value is -2.21. The van der Waals surface area contributed by atoms with Crippen LogP contribution in [0.1, 0.15) is 106 Å². The van der Waals surface area contributed by atoms with Gasteiger partial charge in [0.1, 0.15) is 61.0 Å². The zero-order valence-electron chi connectivity index (χ0n) is 38.9. The van der Waals surface area contributed by atoms with Crippen LogP contribution in [-0.2, 0) is 42.8 Å². The Morgan fingerprint density at radius 3 is 2.06 bits per heavy atom. The van der Waals surface area contributed by atoms with E-state index in [-0.39, 0.29) is 17.1 Å². The van der Waals surface area contributed by atoms with E-state index >= 15 is 4.79 Å². The van der Waals surface area contributed by atoms with Gasteiger partial charge in [-0.2, -0.15) is 0 Å². The van der Waals surface area contributed by atoms with Gasteiger partial charge in [0, 0.05) is 5.92 Å². The fourth-order valence-corrected chi connectivity index (χ4v) is 14.6. The molecule has 374 valence electrons. The highest BCUT2D eigenvalue weighted by Gasteiger charge is 2.72. The van der Waals surface area contributed by atoms with Crippen molar-refractivity contribution in [2.45, 2.75) is 198 Å². The molecule has 0 aromatic carbocycles. The van der Waals surface area contributed by atoms with E-state index in [2.05, 4.69) is 34.6 Å². The zero-order valence-corrected chi connectivity index (χ0v) is 38.9. The highest BCUT2D eigenvalue weighted by Crippen LogP contribution is 2.75. The fraction of sp³-hybridized carbons (Fsp3) is 0.894. The highest BCUT2D eigenvalue weighted by molar-refractivity contribution is 5.96. The van der Waals surface area contributed by atoms with E-state index in [0.29, 0.717) is 57.8 Å². The molecule has 8 rings (SSSR count). The van der Waals surface area contributed by atoms with Crippen LogP contribution < -0.4 is 0 Å². The van der Waals surface area contributed by atoms with Crippen molar-refractivity contribution >= 4 is 17.7 Å². The molecule has 3 saturated heterocycles. The van der Waals surface area contributed by atoms with Crippen LogP contribution in [0.3, 0.4) is 0 Å². The second kappa shape index (κ2) is 17.3. The number of ether oxygens (including phenoxy) is 6. The molecule has 8 aliphatic rings. The summed E-state index contributed by atoms with van der Waals surface area (Å²) in [7, 11) is 0. The van der Waals surface area contributed by atoms with E-state index < -0.39 is 156 Å². The normalized spacial score (nSPS) is 52.1. The standard InChI is InChI=1S/C47H72O19/c1-42(2)12-14-47(41(60)66-39-31(55)29(53)28(52)24(18-48)62-39)15-13-45(6)20(21(47)17-42)16-22(49)36-44(5)10-9-26(43(3,4)25(44)8-11-46(36,45)7)63-40-33(57)34(32(56)35(65-40)37(58)59)64-38-30(54)27(51)23(50)19-61-38/h16,21,23-36,38-40,48,50-57H,8-15,17-19H2,1-7H3,(H,58,59)/t21?,23-,24+,25?,26-,27-,28+,29-,30+,31+,32-,33+,34-,35-,36?,38-,39-,40+,44-,45+,46+,47-/m0/s1. The molecule has 0 amide bonds. The number of rotatable bonds is 8. The maximum absolute atomic E-state index is 15.2. The molecule has 3 aliphatic heterocycles. The number of hydrogen-bond acceptors (Lipinski definition) is 18. The predicted octanol–water partition coefficient (Wildman–Crippen LogP) is 0.0509. The van der Waals surface area contributed by atoms with Crippen molar-refractivity contribution in [2.24, 2.45) is 50.2 Å². The molecule has 0 radical (unpaired) electrons. The van der Waals surface area contributed by atoms with E-state index in [1.807, 2.05) is 13.8 Å². The monoisotopic (exact) mass is 940 g/mol. The van der Waals surface area contributed by atoms with E-state index in [1.54, 1.807) is 6.08 Å². The van der Waals surface area contributed by atoms with E-state index in [4.69, 9.17) is 28.4 Å². The Labute approximate surface area is 384 Å². The van der Waals surface area contributed by atoms with Crippen LogP contribution >= 0.6 is 0 Å². The van der Waals surface area contributed by atoms with Gasteiger partial charge in [0.2, 0.25) is 6.29 Å². The number of hydrogen-bond donors (Lipinski definition) is 10. The summed E-state index contributed by atoms with van der Waals surface area (Å²) in [4.78, 5) is 42.2. The van der Waals surface area contributed by atoms with Gasteiger partial charge in [-0.1, -0.05) is 54.0 Å². The van der Waals surface area contributed by atoms with Crippen molar-refractivity contribution < 1.29 is 93.9 Å². The number of aliphatic hydroxyl groups is 9. The maximum Gasteiger partial charge on any atom is 0.335 e. The van der Waals surface area contributed by atoms with Crippen molar-refractivity contribution in [1.29, 1.82) is 0 Å². The molecule has 19 nitrogen and oxygen atoms in total. The molecule has 19 heteroatoms. The number of aliphatic carboxylic acids is 1. The van der Waals surface area contributed by atoms with E-state index in [0.717, 1.165) is 5.57 Å². The first-order valence-corrected chi connectivity index (χ1v) is 23.7. The van der Waals surface area contributed by atoms with Crippen molar-refractivity contribution in [1.82, 2.24) is 0 Å². The number of carboxylic acid groups (broad SMARTS) is 1. The minimum atomic E-state index is -1.94. The minimum Gasteiger partial charge on any atom is -0.479 e. The van der Waals surface area contributed by atoms with Crippen LogP contribution in [0.25, 0.3) is 0 Å². The summed E-state index contributed by atoms with van der Waals surface area (Å²) in [6.45, 7) is 13.9. The van der Waals surface area contributed by atoms with Gasteiger partial charge in [-0.3, -0.25) is 9.59 Å². The predicted molar refractivity (Wildman–Crippen MR) is 225 cm³/mol. The van der Waals surface area contributed by atoms with Crippen molar-refractivity contribution in [2.75, 3.05) is 13.2 Å². The third-order valence-electron chi connectivity index (χ3n) is 18.6. The Kier molecular flexibility index (Phi) is 13.1. The number of fused-ring (bicyclic) bond motifs is 7. The lowest BCUT2D eigenvalue weighted by Gasteiger charge is -2.70. The van der Waals surface area contributed by atoms with Gasteiger partial charge in [0.05, 0.1) is 24.7 Å². The first kappa shape index (κ1) is 50.2. The average Bonchev–Trinajstić information content (AvgIpc) is 3.24. The summed E-state index contributed by atoms with van der Waals surface area (Å²) < 4.78 is 34.8. The fourth-order valence-electron chi connectivity index (χ4n) is 14.6. The van der Waals surface area contributed by atoms with Crippen LogP contribution in [0.4, 0.5) is 0 Å². The van der Waals surface area contributed by atoms with Crippen molar-refractivity contribution in [3.05, 3.63) is 11.6 Å². The third-order valence-corrected chi connectivity index (χ3v) is 18.6. The molecular weight excluding hydrogens is 868 g/mol. The summed E-state index contributed by atoms with van der Waals surface area (Å²) in [5.74, 6) is -3.13. The van der Waals surface area contributed by atoms with Crippen LogP contribution in [0, 0.1) is 50.2 Å².